The molecule has 0 bridgehead atoms. The number of hydrogen-bond donors (Lipinski definition) is 2. The Bertz CT molecular complexity index is 799. The molecule has 2 amide bonds. The minimum Gasteiger partial charge on any atom is -0.349 e. The van der Waals surface area contributed by atoms with Crippen LogP contribution in [0.2, 0.25) is 0 Å². The average Bonchev–Trinajstić information content (AvgIpc) is 2.69. The molecule has 2 aromatic rings. The third kappa shape index (κ3) is 5.67. The highest BCUT2D eigenvalue weighted by Crippen LogP contribution is 2.22. The van der Waals surface area contributed by atoms with Gasteiger partial charge in [-0.25, -0.2) is 0 Å². The number of likely N-dealkylation sites (tertiary alicyclic amines) is 1. The molecule has 3 rings (SSSR count). The second-order valence-electron chi connectivity index (χ2n) is 7.57. The summed E-state index contributed by atoms with van der Waals surface area (Å²) in [6.45, 7) is 6.30. The number of piperidine rings is 1. The van der Waals surface area contributed by atoms with Crippen LogP contribution in [0.25, 0.3) is 0 Å². The first-order valence-electron chi connectivity index (χ1n) is 9.95. The zero-order valence-electron chi connectivity index (χ0n) is 16.7. The van der Waals surface area contributed by atoms with Gasteiger partial charge in [0.1, 0.15) is 0 Å². The molecule has 0 radical (unpaired) electrons. The number of anilines is 1. The number of carbonyl (C=O) groups is 2. The van der Waals surface area contributed by atoms with Gasteiger partial charge in [0.05, 0.1) is 6.04 Å². The minimum absolute atomic E-state index is 0.0630. The van der Waals surface area contributed by atoms with Gasteiger partial charge in [-0.2, -0.15) is 0 Å². The van der Waals surface area contributed by atoms with Gasteiger partial charge in [0.15, 0.2) is 0 Å². The highest BCUT2D eigenvalue weighted by Gasteiger charge is 2.26. The summed E-state index contributed by atoms with van der Waals surface area (Å²) < 4.78 is 0. The lowest BCUT2D eigenvalue weighted by molar-refractivity contribution is -0.127. The molecule has 148 valence electrons. The van der Waals surface area contributed by atoms with Gasteiger partial charge in [-0.05, 0) is 56.1 Å². The molecule has 2 N–H and O–H groups in total. The van der Waals surface area contributed by atoms with Gasteiger partial charge < -0.3 is 10.6 Å². The molecule has 0 aromatic heterocycles. The number of carbonyl (C=O) groups excluding carboxylic acids is 2. The molecular formula is C23H29N3O2. The Labute approximate surface area is 167 Å². The van der Waals surface area contributed by atoms with Crippen LogP contribution < -0.4 is 10.6 Å². The molecule has 1 unspecified atom stereocenters. The molecule has 1 saturated heterocycles. The minimum atomic E-state index is -0.101. The van der Waals surface area contributed by atoms with E-state index in [-0.39, 0.29) is 23.8 Å². The predicted octanol–water partition coefficient (Wildman–Crippen LogP) is 3.73. The van der Waals surface area contributed by atoms with E-state index < -0.39 is 0 Å². The third-order valence-corrected chi connectivity index (χ3v) is 5.27. The summed E-state index contributed by atoms with van der Waals surface area (Å²) in [5.41, 5.74) is 3.06. The Balaban J connectivity index is 1.49. The van der Waals surface area contributed by atoms with E-state index in [1.54, 1.807) is 0 Å². The quantitative estimate of drug-likeness (QED) is 0.804. The fourth-order valence-electron chi connectivity index (χ4n) is 3.70. The highest BCUT2D eigenvalue weighted by atomic mass is 16.2. The summed E-state index contributed by atoms with van der Waals surface area (Å²) in [7, 11) is 0. The van der Waals surface area contributed by atoms with E-state index in [1.807, 2.05) is 37.3 Å². The molecule has 1 aliphatic rings. The van der Waals surface area contributed by atoms with Crippen molar-refractivity contribution in [2.24, 2.45) is 5.92 Å². The van der Waals surface area contributed by atoms with Crippen molar-refractivity contribution in [1.29, 1.82) is 0 Å². The second kappa shape index (κ2) is 9.51. The van der Waals surface area contributed by atoms with Gasteiger partial charge in [0.25, 0.3) is 0 Å². The lowest BCUT2D eigenvalue weighted by Gasteiger charge is -2.32. The van der Waals surface area contributed by atoms with Crippen LogP contribution >= 0.6 is 0 Å². The topological polar surface area (TPSA) is 61.4 Å². The van der Waals surface area contributed by atoms with Crippen LogP contribution in [-0.2, 0) is 16.1 Å². The van der Waals surface area contributed by atoms with E-state index >= 15 is 0 Å². The molecule has 0 aliphatic carbocycles. The largest absolute Gasteiger partial charge is 0.349 e. The van der Waals surface area contributed by atoms with Crippen molar-refractivity contribution in [3.05, 3.63) is 65.7 Å². The number of rotatable bonds is 6. The van der Waals surface area contributed by atoms with Gasteiger partial charge >= 0.3 is 0 Å². The van der Waals surface area contributed by atoms with Crippen molar-refractivity contribution in [2.45, 2.75) is 39.3 Å². The Kier molecular flexibility index (Phi) is 6.82. The molecule has 5 heteroatoms. The lowest BCUT2D eigenvalue weighted by atomic mass is 9.94. The van der Waals surface area contributed by atoms with E-state index in [1.165, 1.54) is 12.5 Å². The standard InChI is InChI=1S/C23H29N3O2/c1-17(21-9-6-10-22(15-21)25-18(2)27)24-23(28)20-11-13-26(14-12-20)16-19-7-4-3-5-8-19/h3-10,15,17,20H,11-14,16H2,1-2H3,(H,24,28)(H,25,27). The fraction of sp³-hybridized carbons (Fsp3) is 0.391. The molecule has 1 aliphatic heterocycles. The molecule has 1 heterocycles. The van der Waals surface area contributed by atoms with E-state index in [0.29, 0.717) is 0 Å². The van der Waals surface area contributed by atoms with Crippen LogP contribution in [-0.4, -0.2) is 29.8 Å². The Morgan fingerprint density at radius 2 is 1.79 bits per heavy atom. The number of hydrogen-bond acceptors (Lipinski definition) is 3. The van der Waals surface area contributed by atoms with Gasteiger partial charge in [-0.15, -0.1) is 0 Å². The van der Waals surface area contributed by atoms with Gasteiger partial charge in [0, 0.05) is 25.1 Å². The van der Waals surface area contributed by atoms with Gasteiger partial charge in [-0.3, -0.25) is 14.5 Å². The first-order valence-corrected chi connectivity index (χ1v) is 9.95. The summed E-state index contributed by atoms with van der Waals surface area (Å²) in [4.78, 5) is 26.4. The smallest absolute Gasteiger partial charge is 0.223 e. The van der Waals surface area contributed by atoms with E-state index in [9.17, 15) is 9.59 Å². The van der Waals surface area contributed by atoms with Crippen molar-refractivity contribution in [1.82, 2.24) is 10.2 Å². The normalized spacial score (nSPS) is 16.4. The van der Waals surface area contributed by atoms with Crippen LogP contribution in [0.1, 0.15) is 43.9 Å². The van der Waals surface area contributed by atoms with E-state index in [2.05, 4.69) is 39.8 Å². The zero-order chi connectivity index (χ0) is 19.9. The van der Waals surface area contributed by atoms with E-state index in [4.69, 9.17) is 0 Å². The van der Waals surface area contributed by atoms with Crippen molar-refractivity contribution in [2.75, 3.05) is 18.4 Å². The predicted molar refractivity (Wildman–Crippen MR) is 112 cm³/mol. The van der Waals surface area contributed by atoms with Gasteiger partial charge in [0.2, 0.25) is 11.8 Å². The Morgan fingerprint density at radius 3 is 2.46 bits per heavy atom. The maximum Gasteiger partial charge on any atom is 0.223 e. The number of benzene rings is 2. The molecule has 5 nitrogen and oxygen atoms in total. The summed E-state index contributed by atoms with van der Waals surface area (Å²) in [5, 5.41) is 5.93. The first kappa shape index (κ1) is 20.1. The number of amides is 2. The highest BCUT2D eigenvalue weighted by molar-refractivity contribution is 5.88. The van der Waals surface area contributed by atoms with Crippen molar-refractivity contribution in [3.8, 4) is 0 Å². The molecule has 1 atom stereocenters. The van der Waals surface area contributed by atoms with Crippen LogP contribution in [0, 0.1) is 5.92 Å². The van der Waals surface area contributed by atoms with Crippen LogP contribution in [0.4, 0.5) is 5.69 Å². The first-order chi connectivity index (χ1) is 13.5. The van der Waals surface area contributed by atoms with Gasteiger partial charge in [-0.1, -0.05) is 42.5 Å². The maximum absolute atomic E-state index is 12.7. The van der Waals surface area contributed by atoms with Crippen molar-refractivity contribution >= 4 is 17.5 Å². The molecule has 0 spiro atoms. The summed E-state index contributed by atoms with van der Waals surface area (Å²) in [6, 6.07) is 18.0. The molecule has 2 aromatic carbocycles. The Morgan fingerprint density at radius 1 is 1.07 bits per heavy atom. The Hall–Kier alpha value is -2.66. The molecular weight excluding hydrogens is 350 g/mol. The maximum atomic E-state index is 12.7. The van der Waals surface area contributed by atoms with Crippen molar-refractivity contribution < 1.29 is 9.59 Å². The second-order valence-corrected chi connectivity index (χ2v) is 7.57. The van der Waals surface area contributed by atoms with E-state index in [0.717, 1.165) is 43.7 Å². The third-order valence-electron chi connectivity index (χ3n) is 5.27. The number of nitrogens with zero attached hydrogens (tertiary/aromatic N) is 1. The zero-order valence-corrected chi connectivity index (χ0v) is 16.7. The summed E-state index contributed by atoms with van der Waals surface area (Å²) >= 11 is 0. The van der Waals surface area contributed by atoms with Crippen LogP contribution in [0.3, 0.4) is 0 Å². The molecule has 1 fully saturated rings. The van der Waals surface area contributed by atoms with Crippen LogP contribution in [0.15, 0.2) is 54.6 Å². The lowest BCUT2D eigenvalue weighted by Crippen LogP contribution is -2.40. The molecule has 0 saturated carbocycles. The average molecular weight is 380 g/mol. The molecule has 28 heavy (non-hydrogen) atoms. The fourth-order valence-corrected chi connectivity index (χ4v) is 3.70. The van der Waals surface area contributed by atoms with Crippen molar-refractivity contribution in [3.63, 3.8) is 0 Å². The summed E-state index contributed by atoms with van der Waals surface area (Å²) in [5.74, 6) is 0.0842. The van der Waals surface area contributed by atoms with Crippen LogP contribution in [0.5, 0.6) is 0 Å². The SMILES string of the molecule is CC(=O)Nc1cccc(C(C)NC(=O)C2CCN(Cc3ccccc3)CC2)c1. The number of nitrogens with one attached hydrogen (secondary N) is 2. The monoisotopic (exact) mass is 379 g/mol. The summed E-state index contributed by atoms with van der Waals surface area (Å²) in [6.07, 6.45) is 1.77.